The van der Waals surface area contributed by atoms with Gasteiger partial charge in [-0.15, -0.1) is 0 Å². The average molecular weight is 767 g/mol. The van der Waals surface area contributed by atoms with E-state index in [9.17, 15) is 24.6 Å². The summed E-state index contributed by atoms with van der Waals surface area (Å²) in [6.07, 6.45) is 13.8. The quantitative estimate of drug-likeness (QED) is 0.190. The molecule has 5 fully saturated rings. The molecule has 0 aliphatic heterocycles. The van der Waals surface area contributed by atoms with Crippen LogP contribution in [-0.4, -0.2) is 89.7 Å². The van der Waals surface area contributed by atoms with Gasteiger partial charge >= 0.3 is 11.9 Å². The van der Waals surface area contributed by atoms with E-state index in [-0.39, 0.29) is 51.8 Å². The van der Waals surface area contributed by atoms with Crippen molar-refractivity contribution in [2.75, 3.05) is 33.7 Å². The molecule has 0 aromatic rings. The largest absolute Gasteiger partial charge is 0.481 e. The lowest BCUT2D eigenvalue weighted by atomic mass is 9.33. The van der Waals surface area contributed by atoms with Crippen molar-refractivity contribution in [3.05, 3.63) is 11.1 Å². The average Bonchev–Trinajstić information content (AvgIpc) is 3.41. The first kappa shape index (κ1) is 42.8. The SMILES string of the molecule is CC(C)C1=C2[C@H]3CC[C@@H]4[C@@]5(C)CC[C@H](OC(=O)CC(C)(C)C(=O)O)C(C)(C)[C@@H]5CC[C@@]4(C)[C@]3(C)CCC2(C(O)CN(CCN(C)C)C2CCCCC2)CC1=O. The Bertz CT molecular complexity index is 1510. The second kappa shape index (κ2) is 15.1. The Hall–Kier alpha value is -1.77. The van der Waals surface area contributed by atoms with Crippen LogP contribution in [0.3, 0.4) is 0 Å². The summed E-state index contributed by atoms with van der Waals surface area (Å²) in [6, 6.07) is 0.507. The van der Waals surface area contributed by atoms with Crippen LogP contribution in [0.15, 0.2) is 11.1 Å². The third kappa shape index (κ3) is 7.10. The Morgan fingerprint density at radius 2 is 1.53 bits per heavy atom. The van der Waals surface area contributed by atoms with Crippen molar-refractivity contribution in [2.24, 2.45) is 56.2 Å². The molecule has 0 bridgehead atoms. The molecule has 6 aliphatic rings. The lowest BCUT2D eigenvalue weighted by Crippen LogP contribution is -2.66. The van der Waals surface area contributed by atoms with Gasteiger partial charge < -0.3 is 19.8 Å². The number of Topliss-reactive ketones (excluding diaryl/α,β-unsaturated/α-hetero) is 1. The molecule has 5 saturated carbocycles. The van der Waals surface area contributed by atoms with Gasteiger partial charge in [0.1, 0.15) is 6.10 Å². The van der Waals surface area contributed by atoms with Gasteiger partial charge in [0.15, 0.2) is 5.78 Å². The summed E-state index contributed by atoms with van der Waals surface area (Å²) < 4.78 is 6.20. The number of hydrogen-bond acceptors (Lipinski definition) is 7. The van der Waals surface area contributed by atoms with Crippen LogP contribution < -0.4 is 0 Å². The zero-order valence-electron chi connectivity index (χ0n) is 36.7. The van der Waals surface area contributed by atoms with Crippen molar-refractivity contribution >= 4 is 17.7 Å². The Balaban J connectivity index is 1.29. The molecule has 0 aromatic heterocycles. The minimum Gasteiger partial charge on any atom is -0.481 e. The van der Waals surface area contributed by atoms with E-state index in [2.05, 4.69) is 72.4 Å². The van der Waals surface area contributed by atoms with Crippen LogP contribution in [0.2, 0.25) is 0 Å². The molecule has 8 nitrogen and oxygen atoms in total. The number of ether oxygens (including phenoxy) is 1. The summed E-state index contributed by atoms with van der Waals surface area (Å²) in [6.45, 7) is 22.5. The number of nitrogens with zero attached hydrogens (tertiary/aromatic N) is 2. The van der Waals surface area contributed by atoms with E-state index in [0.717, 1.165) is 70.0 Å². The lowest BCUT2D eigenvalue weighted by Gasteiger charge is -2.72. The molecule has 2 unspecified atom stereocenters. The number of esters is 1. The summed E-state index contributed by atoms with van der Waals surface area (Å²) in [5, 5.41) is 22.4. The molecular weight excluding hydrogens is 689 g/mol. The zero-order chi connectivity index (χ0) is 40.5. The molecule has 6 aliphatic carbocycles. The van der Waals surface area contributed by atoms with Gasteiger partial charge in [0, 0.05) is 42.9 Å². The monoisotopic (exact) mass is 767 g/mol. The van der Waals surface area contributed by atoms with Gasteiger partial charge in [-0.05, 0) is 138 Å². The van der Waals surface area contributed by atoms with Gasteiger partial charge in [-0.3, -0.25) is 19.3 Å². The highest BCUT2D eigenvalue weighted by atomic mass is 16.5. The second-order valence-corrected chi connectivity index (χ2v) is 22.2. The molecule has 0 aromatic carbocycles. The lowest BCUT2D eigenvalue weighted by molar-refractivity contribution is -0.235. The number of carboxylic acids is 1. The fourth-order valence-electron chi connectivity index (χ4n) is 14.5. The van der Waals surface area contributed by atoms with Crippen LogP contribution >= 0.6 is 0 Å². The Morgan fingerprint density at radius 3 is 2.15 bits per heavy atom. The fraction of sp³-hybridized carbons (Fsp3) is 0.894. The highest BCUT2D eigenvalue weighted by Gasteiger charge is 2.71. The van der Waals surface area contributed by atoms with Crippen LogP contribution in [0.4, 0.5) is 0 Å². The predicted octanol–water partition coefficient (Wildman–Crippen LogP) is 8.94. The number of rotatable bonds is 12. The number of aliphatic carboxylic acids is 1. The van der Waals surface area contributed by atoms with Crippen LogP contribution in [0, 0.1) is 56.2 Å². The molecule has 8 heteroatoms. The minimum absolute atomic E-state index is 0.0110. The maximum atomic E-state index is 14.3. The van der Waals surface area contributed by atoms with E-state index in [1.54, 1.807) is 13.8 Å². The molecule has 2 N–H and O–H groups in total. The number of fused-ring (bicyclic) bond motifs is 7. The van der Waals surface area contributed by atoms with Gasteiger partial charge in [0.2, 0.25) is 0 Å². The first-order valence-corrected chi connectivity index (χ1v) is 22.3. The van der Waals surface area contributed by atoms with Crippen molar-refractivity contribution in [3.8, 4) is 0 Å². The number of allylic oxidation sites excluding steroid dienone is 1. The van der Waals surface area contributed by atoms with Crippen LogP contribution in [-0.2, 0) is 19.1 Å². The van der Waals surface area contributed by atoms with Crippen LogP contribution in [0.25, 0.3) is 0 Å². The van der Waals surface area contributed by atoms with Gasteiger partial charge in [0.05, 0.1) is 17.9 Å². The topological polar surface area (TPSA) is 107 Å². The Morgan fingerprint density at radius 1 is 0.855 bits per heavy atom. The summed E-state index contributed by atoms with van der Waals surface area (Å²) in [4.78, 5) is 44.1. The molecule has 0 radical (unpaired) electrons. The highest BCUT2D eigenvalue weighted by Crippen LogP contribution is 2.77. The number of carbonyl (C=O) groups excluding carboxylic acids is 2. The van der Waals surface area contributed by atoms with Gasteiger partial charge in [-0.25, -0.2) is 0 Å². The van der Waals surface area contributed by atoms with E-state index in [1.807, 2.05) is 0 Å². The number of hydrogen-bond donors (Lipinski definition) is 2. The molecular formula is C47H78N2O6. The molecule has 0 saturated heterocycles. The summed E-state index contributed by atoms with van der Waals surface area (Å²) >= 11 is 0. The summed E-state index contributed by atoms with van der Waals surface area (Å²) in [5.41, 5.74) is 0.699. The molecule has 9 atom stereocenters. The van der Waals surface area contributed by atoms with Crippen LogP contribution in [0.1, 0.15) is 159 Å². The molecule has 6 rings (SSSR count). The van der Waals surface area contributed by atoms with Crippen molar-refractivity contribution in [3.63, 3.8) is 0 Å². The van der Waals surface area contributed by atoms with E-state index in [1.165, 1.54) is 37.7 Å². The second-order valence-electron chi connectivity index (χ2n) is 22.2. The normalized spacial score (nSPS) is 38.4. The van der Waals surface area contributed by atoms with Crippen molar-refractivity contribution < 1.29 is 29.3 Å². The predicted molar refractivity (Wildman–Crippen MR) is 218 cm³/mol. The fourth-order valence-corrected chi connectivity index (χ4v) is 14.5. The van der Waals surface area contributed by atoms with Crippen LogP contribution in [0.5, 0.6) is 0 Å². The van der Waals surface area contributed by atoms with E-state index in [4.69, 9.17) is 4.74 Å². The maximum absolute atomic E-state index is 14.3. The summed E-state index contributed by atoms with van der Waals surface area (Å²) in [5.74, 6) is 0.214. The standard InChI is InChI=1S/C47H78N2O6/c1-30(2)39-33(50)27-47(36(51)29-49(26-25-48(10)11)31-15-13-12-14-16-31)24-23-45(8)32(40(39)47)17-18-35-44(7)21-20-37(55-38(52)28-42(3,4)41(53)54)43(5,6)34(44)19-22-46(35,45)9/h30-32,34-37,51H,12-29H2,1-11H3,(H,53,54)/t32-,34+,35-,36?,37+,44+,45-,46-,47?/m1/s1. The highest BCUT2D eigenvalue weighted by molar-refractivity contribution is 6.00. The third-order valence-corrected chi connectivity index (χ3v) is 17.8. The van der Waals surface area contributed by atoms with Crippen molar-refractivity contribution in [1.29, 1.82) is 0 Å². The van der Waals surface area contributed by atoms with Gasteiger partial charge in [0.25, 0.3) is 0 Å². The molecule has 312 valence electrons. The Labute approximate surface area is 334 Å². The van der Waals surface area contributed by atoms with Gasteiger partial charge in [-0.2, -0.15) is 0 Å². The number of aliphatic hydroxyl groups excluding tert-OH is 1. The first-order chi connectivity index (χ1) is 25.5. The number of carboxylic acid groups (broad SMARTS) is 1. The first-order valence-electron chi connectivity index (χ1n) is 22.3. The maximum Gasteiger partial charge on any atom is 0.309 e. The van der Waals surface area contributed by atoms with E-state index < -0.39 is 28.9 Å². The van der Waals surface area contributed by atoms with Crippen molar-refractivity contribution in [2.45, 2.75) is 177 Å². The molecule has 0 amide bonds. The Kier molecular flexibility index (Phi) is 11.8. The van der Waals surface area contributed by atoms with Gasteiger partial charge in [-0.1, -0.05) is 73.3 Å². The number of carbonyl (C=O) groups is 3. The minimum atomic E-state index is -1.16. The molecule has 0 spiro atoms. The van der Waals surface area contributed by atoms with E-state index >= 15 is 0 Å². The molecule has 0 heterocycles. The molecule has 55 heavy (non-hydrogen) atoms. The zero-order valence-corrected chi connectivity index (χ0v) is 36.7. The number of likely N-dealkylation sites (N-methyl/N-ethyl adjacent to an activating group) is 1. The number of aliphatic hydroxyl groups is 1. The number of ketones is 1. The smallest absolute Gasteiger partial charge is 0.309 e. The summed E-state index contributed by atoms with van der Waals surface area (Å²) in [7, 11) is 4.28. The third-order valence-electron chi connectivity index (χ3n) is 17.8. The van der Waals surface area contributed by atoms with E-state index in [0.29, 0.717) is 30.8 Å². The van der Waals surface area contributed by atoms with Crippen molar-refractivity contribution in [1.82, 2.24) is 9.80 Å².